The van der Waals surface area contributed by atoms with Gasteiger partial charge in [0.1, 0.15) is 11.4 Å². The fourth-order valence-electron chi connectivity index (χ4n) is 2.73. The van der Waals surface area contributed by atoms with Crippen LogP contribution >= 0.6 is 11.6 Å². The summed E-state index contributed by atoms with van der Waals surface area (Å²) in [4.78, 5) is 0. The molecule has 1 aliphatic heterocycles. The van der Waals surface area contributed by atoms with Crippen LogP contribution in [0.2, 0.25) is 5.02 Å². The van der Waals surface area contributed by atoms with Gasteiger partial charge in [-0.1, -0.05) is 41.9 Å². The van der Waals surface area contributed by atoms with Crippen molar-refractivity contribution < 1.29 is 4.74 Å². The zero-order valence-corrected chi connectivity index (χ0v) is 12.4. The average molecular weight is 288 g/mol. The van der Waals surface area contributed by atoms with Crippen molar-refractivity contribution in [3.63, 3.8) is 0 Å². The van der Waals surface area contributed by atoms with E-state index >= 15 is 0 Å². The van der Waals surface area contributed by atoms with Gasteiger partial charge in [-0.05, 0) is 42.7 Å². The number of nitrogens with two attached hydrogens (primary N) is 1. The number of ether oxygens (including phenoxy) is 1. The summed E-state index contributed by atoms with van der Waals surface area (Å²) in [5.41, 5.74) is 9.46. The van der Waals surface area contributed by atoms with E-state index in [0.29, 0.717) is 5.02 Å². The van der Waals surface area contributed by atoms with Gasteiger partial charge in [0.2, 0.25) is 0 Å². The van der Waals surface area contributed by atoms with Crippen molar-refractivity contribution in [2.45, 2.75) is 31.9 Å². The van der Waals surface area contributed by atoms with E-state index < -0.39 is 0 Å². The Morgan fingerprint density at radius 3 is 2.70 bits per heavy atom. The van der Waals surface area contributed by atoms with Gasteiger partial charge in [0.15, 0.2) is 0 Å². The van der Waals surface area contributed by atoms with Crippen molar-refractivity contribution in [1.29, 1.82) is 0 Å². The average Bonchev–Trinajstić information content (AvgIpc) is 2.71. The molecule has 2 N–H and O–H groups in total. The highest BCUT2D eigenvalue weighted by Gasteiger charge is 2.30. The number of halogens is 1. The molecule has 0 aliphatic carbocycles. The molecule has 0 fully saturated rings. The van der Waals surface area contributed by atoms with Crippen molar-refractivity contribution in [3.8, 4) is 5.75 Å². The van der Waals surface area contributed by atoms with E-state index in [1.165, 1.54) is 5.56 Å². The summed E-state index contributed by atoms with van der Waals surface area (Å²) in [6, 6.07) is 13.7. The molecule has 0 radical (unpaired) electrons. The number of benzene rings is 2. The van der Waals surface area contributed by atoms with E-state index in [4.69, 9.17) is 22.1 Å². The van der Waals surface area contributed by atoms with E-state index in [9.17, 15) is 0 Å². The van der Waals surface area contributed by atoms with Crippen LogP contribution in [0.15, 0.2) is 42.5 Å². The number of rotatable bonds is 2. The molecule has 0 bridgehead atoms. The van der Waals surface area contributed by atoms with Crippen LogP contribution in [-0.2, 0) is 6.42 Å². The molecule has 2 nitrogen and oxygen atoms in total. The van der Waals surface area contributed by atoms with Gasteiger partial charge >= 0.3 is 0 Å². The van der Waals surface area contributed by atoms with Crippen molar-refractivity contribution in [2.75, 3.05) is 0 Å². The zero-order valence-electron chi connectivity index (χ0n) is 11.7. The summed E-state index contributed by atoms with van der Waals surface area (Å²) < 4.78 is 5.89. The SMILES string of the molecule is CC1(C)Cc2cc(C(N)c3ccccc3Cl)ccc2O1. The third-order valence-electron chi connectivity index (χ3n) is 3.69. The van der Waals surface area contributed by atoms with Crippen LogP contribution in [0.1, 0.15) is 36.6 Å². The molecule has 3 heteroatoms. The minimum Gasteiger partial charge on any atom is -0.487 e. The second kappa shape index (κ2) is 4.80. The first-order chi connectivity index (χ1) is 9.46. The van der Waals surface area contributed by atoms with E-state index in [2.05, 4.69) is 19.9 Å². The van der Waals surface area contributed by atoms with Crippen LogP contribution in [-0.4, -0.2) is 5.60 Å². The van der Waals surface area contributed by atoms with Gasteiger partial charge in [-0.15, -0.1) is 0 Å². The summed E-state index contributed by atoms with van der Waals surface area (Å²) in [5.74, 6) is 0.963. The maximum absolute atomic E-state index is 6.35. The Morgan fingerprint density at radius 2 is 1.95 bits per heavy atom. The lowest BCUT2D eigenvalue weighted by molar-refractivity contribution is 0.138. The fourth-order valence-corrected chi connectivity index (χ4v) is 2.98. The van der Waals surface area contributed by atoms with Gasteiger partial charge < -0.3 is 10.5 Å². The second-order valence-corrected chi connectivity index (χ2v) is 6.31. The lowest BCUT2D eigenvalue weighted by Crippen LogP contribution is -2.24. The summed E-state index contributed by atoms with van der Waals surface area (Å²) >= 11 is 6.23. The van der Waals surface area contributed by atoms with E-state index in [1.807, 2.05) is 36.4 Å². The molecule has 0 aromatic heterocycles. The van der Waals surface area contributed by atoms with Gasteiger partial charge in [0.05, 0.1) is 6.04 Å². The van der Waals surface area contributed by atoms with E-state index in [1.54, 1.807) is 0 Å². The first-order valence-corrected chi connectivity index (χ1v) is 7.16. The molecule has 0 amide bonds. The molecular weight excluding hydrogens is 270 g/mol. The Bertz CT molecular complexity index is 651. The van der Waals surface area contributed by atoms with Crippen LogP contribution in [0.3, 0.4) is 0 Å². The summed E-state index contributed by atoms with van der Waals surface area (Å²) in [6.45, 7) is 4.20. The first-order valence-electron chi connectivity index (χ1n) is 6.78. The van der Waals surface area contributed by atoms with Crippen LogP contribution in [0.4, 0.5) is 0 Å². The normalized spacial score (nSPS) is 17.4. The van der Waals surface area contributed by atoms with Gasteiger partial charge in [0.25, 0.3) is 0 Å². The Hall–Kier alpha value is -1.51. The van der Waals surface area contributed by atoms with Crippen molar-refractivity contribution >= 4 is 11.6 Å². The highest BCUT2D eigenvalue weighted by atomic mass is 35.5. The number of hydrogen-bond donors (Lipinski definition) is 1. The van der Waals surface area contributed by atoms with E-state index in [-0.39, 0.29) is 11.6 Å². The van der Waals surface area contributed by atoms with Crippen molar-refractivity contribution in [3.05, 3.63) is 64.2 Å². The molecule has 20 heavy (non-hydrogen) atoms. The Morgan fingerprint density at radius 1 is 1.20 bits per heavy atom. The highest BCUT2D eigenvalue weighted by molar-refractivity contribution is 6.31. The molecule has 2 aromatic carbocycles. The summed E-state index contributed by atoms with van der Waals surface area (Å²) in [6.07, 6.45) is 0.908. The molecule has 1 heterocycles. The van der Waals surface area contributed by atoms with Crippen LogP contribution < -0.4 is 10.5 Å². The van der Waals surface area contributed by atoms with Gasteiger partial charge in [0, 0.05) is 11.4 Å². The molecule has 0 saturated carbocycles. The van der Waals surface area contributed by atoms with Crippen LogP contribution in [0.25, 0.3) is 0 Å². The lowest BCUT2D eigenvalue weighted by atomic mass is 9.95. The standard InChI is InChI=1S/C17H18ClNO/c1-17(2)10-12-9-11(7-8-15(12)20-17)16(19)13-5-3-4-6-14(13)18/h3-9,16H,10,19H2,1-2H3. The molecular formula is C17H18ClNO. The third kappa shape index (κ3) is 2.41. The quantitative estimate of drug-likeness (QED) is 0.902. The molecule has 0 saturated heterocycles. The predicted molar refractivity (Wildman–Crippen MR) is 82.3 cm³/mol. The number of hydrogen-bond acceptors (Lipinski definition) is 2. The summed E-state index contributed by atoms with van der Waals surface area (Å²) in [7, 11) is 0. The first kappa shape index (κ1) is 13.5. The molecule has 1 aliphatic rings. The topological polar surface area (TPSA) is 35.2 Å². The van der Waals surface area contributed by atoms with Crippen molar-refractivity contribution in [2.24, 2.45) is 5.73 Å². The van der Waals surface area contributed by atoms with Crippen molar-refractivity contribution in [1.82, 2.24) is 0 Å². The van der Waals surface area contributed by atoms with Crippen LogP contribution in [0.5, 0.6) is 5.75 Å². The molecule has 2 aromatic rings. The molecule has 0 spiro atoms. The maximum Gasteiger partial charge on any atom is 0.123 e. The largest absolute Gasteiger partial charge is 0.487 e. The van der Waals surface area contributed by atoms with Gasteiger partial charge in [-0.25, -0.2) is 0 Å². The molecule has 3 rings (SSSR count). The second-order valence-electron chi connectivity index (χ2n) is 5.90. The smallest absolute Gasteiger partial charge is 0.123 e. The molecule has 1 unspecified atom stereocenters. The van der Waals surface area contributed by atoms with E-state index in [0.717, 1.165) is 23.3 Å². The fraction of sp³-hybridized carbons (Fsp3) is 0.294. The third-order valence-corrected chi connectivity index (χ3v) is 4.03. The predicted octanol–water partition coefficient (Wildman–Crippen LogP) is 4.10. The molecule has 1 atom stereocenters. The summed E-state index contributed by atoms with van der Waals surface area (Å²) in [5, 5.41) is 0.706. The molecule has 104 valence electrons. The maximum atomic E-state index is 6.35. The Kier molecular flexibility index (Phi) is 3.23. The number of fused-ring (bicyclic) bond motifs is 1. The van der Waals surface area contributed by atoms with Gasteiger partial charge in [-0.2, -0.15) is 0 Å². The zero-order chi connectivity index (χ0) is 14.3. The Labute approximate surface area is 124 Å². The minimum absolute atomic E-state index is 0.130. The minimum atomic E-state index is -0.210. The lowest BCUT2D eigenvalue weighted by Gasteiger charge is -2.16. The van der Waals surface area contributed by atoms with Gasteiger partial charge in [-0.3, -0.25) is 0 Å². The Balaban J connectivity index is 1.95. The van der Waals surface area contributed by atoms with Crippen LogP contribution in [0, 0.1) is 0 Å². The highest BCUT2D eigenvalue weighted by Crippen LogP contribution is 2.37. The monoisotopic (exact) mass is 287 g/mol.